The summed E-state index contributed by atoms with van der Waals surface area (Å²) < 4.78 is 5.84. The van der Waals surface area contributed by atoms with E-state index in [4.69, 9.17) is 21.2 Å². The van der Waals surface area contributed by atoms with Gasteiger partial charge in [-0.1, -0.05) is 0 Å². The van der Waals surface area contributed by atoms with Crippen LogP contribution in [0, 0.1) is 6.92 Å². The number of hydrogen-bond donors (Lipinski definition) is 3. The number of nitrogens with two attached hydrogens (primary N) is 2. The van der Waals surface area contributed by atoms with E-state index in [-0.39, 0.29) is 11.9 Å². The highest BCUT2D eigenvalue weighted by Gasteiger charge is 2.13. The van der Waals surface area contributed by atoms with Crippen molar-refractivity contribution in [2.75, 3.05) is 13.2 Å². The Labute approximate surface area is 182 Å². The fourth-order valence-electron chi connectivity index (χ4n) is 3.27. The second kappa shape index (κ2) is 10.0. The third kappa shape index (κ3) is 5.38. The largest absolute Gasteiger partial charge is 0.493 e. The van der Waals surface area contributed by atoms with E-state index in [0.29, 0.717) is 30.7 Å². The van der Waals surface area contributed by atoms with Crippen molar-refractivity contribution in [3.63, 3.8) is 0 Å². The lowest BCUT2D eigenvalue weighted by Gasteiger charge is -2.13. The Balaban J connectivity index is 1.89. The van der Waals surface area contributed by atoms with E-state index in [2.05, 4.69) is 10.3 Å². The van der Waals surface area contributed by atoms with Crippen molar-refractivity contribution in [2.45, 2.75) is 33.2 Å². The molecule has 0 aliphatic carbocycles. The fraction of sp³-hybridized carbons (Fsp3) is 0.292. The molecule has 1 amide bonds. The van der Waals surface area contributed by atoms with Crippen molar-refractivity contribution in [3.8, 4) is 17.0 Å². The number of fused-ring (bicyclic) bond motifs is 1. The molecule has 31 heavy (non-hydrogen) atoms. The number of amides is 1. The molecule has 2 aromatic heterocycles. The average Bonchev–Trinajstić information content (AvgIpc) is 2.76. The van der Waals surface area contributed by atoms with Gasteiger partial charge in [-0.25, -0.2) is 4.98 Å². The SMILES string of the molecule is CCOc1cc(-c2ccc(C)nc2)nc2cc(C(=O)NCC/C(=C/N)C(C)N)ccc12. The van der Waals surface area contributed by atoms with E-state index in [1.54, 1.807) is 18.3 Å². The van der Waals surface area contributed by atoms with E-state index in [0.717, 1.165) is 33.7 Å². The number of hydrogen-bond acceptors (Lipinski definition) is 6. The highest BCUT2D eigenvalue weighted by atomic mass is 16.5. The maximum Gasteiger partial charge on any atom is 0.251 e. The minimum Gasteiger partial charge on any atom is -0.493 e. The van der Waals surface area contributed by atoms with Gasteiger partial charge in [0.15, 0.2) is 0 Å². The van der Waals surface area contributed by atoms with E-state index in [1.807, 2.05) is 45.0 Å². The molecule has 0 saturated carbocycles. The van der Waals surface area contributed by atoms with Gasteiger partial charge in [0.2, 0.25) is 0 Å². The molecule has 0 aliphatic heterocycles. The number of carbonyl (C=O) groups excluding carboxylic acids is 1. The van der Waals surface area contributed by atoms with E-state index in [1.165, 1.54) is 6.20 Å². The molecular weight excluding hydrogens is 390 g/mol. The number of carbonyl (C=O) groups is 1. The maximum absolute atomic E-state index is 12.7. The first-order chi connectivity index (χ1) is 14.9. The summed E-state index contributed by atoms with van der Waals surface area (Å²) in [5.41, 5.74) is 16.1. The quantitative estimate of drug-likeness (QED) is 0.516. The van der Waals surface area contributed by atoms with E-state index < -0.39 is 0 Å². The zero-order chi connectivity index (χ0) is 22.4. The van der Waals surface area contributed by atoms with E-state index in [9.17, 15) is 4.79 Å². The summed E-state index contributed by atoms with van der Waals surface area (Å²) in [6.45, 7) is 6.73. The van der Waals surface area contributed by atoms with Crippen LogP contribution in [0.2, 0.25) is 0 Å². The highest BCUT2D eigenvalue weighted by Crippen LogP contribution is 2.30. The van der Waals surface area contributed by atoms with Crippen LogP contribution < -0.4 is 21.5 Å². The number of aromatic nitrogens is 2. The van der Waals surface area contributed by atoms with Crippen molar-refractivity contribution >= 4 is 16.8 Å². The van der Waals surface area contributed by atoms with E-state index >= 15 is 0 Å². The van der Waals surface area contributed by atoms with Gasteiger partial charge in [0.25, 0.3) is 5.91 Å². The lowest BCUT2D eigenvalue weighted by atomic mass is 10.1. The third-order valence-electron chi connectivity index (χ3n) is 5.04. The first-order valence-electron chi connectivity index (χ1n) is 10.4. The van der Waals surface area contributed by atoms with Gasteiger partial charge in [-0.2, -0.15) is 0 Å². The van der Waals surface area contributed by atoms with Crippen molar-refractivity contribution < 1.29 is 9.53 Å². The molecule has 7 nitrogen and oxygen atoms in total. The molecule has 1 atom stereocenters. The smallest absolute Gasteiger partial charge is 0.251 e. The molecule has 0 bridgehead atoms. The molecule has 2 heterocycles. The van der Waals surface area contributed by atoms with Crippen molar-refractivity contribution in [2.24, 2.45) is 11.5 Å². The zero-order valence-electron chi connectivity index (χ0n) is 18.2. The Morgan fingerprint density at radius 2 is 2.06 bits per heavy atom. The van der Waals surface area contributed by atoms with Gasteiger partial charge in [-0.05, 0) is 69.3 Å². The molecule has 7 heteroatoms. The van der Waals surface area contributed by atoms with Gasteiger partial charge < -0.3 is 21.5 Å². The molecule has 1 aromatic carbocycles. The molecule has 0 saturated heterocycles. The summed E-state index contributed by atoms with van der Waals surface area (Å²) >= 11 is 0. The Morgan fingerprint density at radius 3 is 2.71 bits per heavy atom. The van der Waals surface area contributed by atoms with Crippen LogP contribution in [-0.4, -0.2) is 35.1 Å². The van der Waals surface area contributed by atoms with Crippen LogP contribution >= 0.6 is 0 Å². The van der Waals surface area contributed by atoms with Gasteiger partial charge in [-0.15, -0.1) is 0 Å². The topological polar surface area (TPSA) is 116 Å². The number of pyridine rings is 2. The molecule has 0 radical (unpaired) electrons. The van der Waals surface area contributed by atoms with Gasteiger partial charge >= 0.3 is 0 Å². The standard InChI is InChI=1S/C24H29N5O2/c1-4-31-23-12-21(19-6-5-15(2)28-14-19)29-22-11-17(7-8-20(22)23)24(30)27-10-9-18(13-25)16(3)26/h5-8,11-14,16H,4,9-10,25-26H2,1-3H3,(H,27,30)/b18-13-. The number of nitrogens with one attached hydrogen (secondary N) is 1. The number of benzene rings is 1. The molecule has 162 valence electrons. The van der Waals surface area contributed by atoms with Crippen molar-refractivity contribution in [1.82, 2.24) is 15.3 Å². The van der Waals surface area contributed by atoms with Crippen LogP contribution in [0.1, 0.15) is 36.3 Å². The summed E-state index contributed by atoms with van der Waals surface area (Å²) in [6, 6.07) is 11.1. The molecule has 5 N–H and O–H groups in total. The van der Waals surface area contributed by atoms with Gasteiger partial charge in [0, 0.05) is 47.1 Å². The molecule has 0 fully saturated rings. The highest BCUT2D eigenvalue weighted by molar-refractivity contribution is 5.99. The minimum atomic E-state index is -0.176. The molecule has 0 spiro atoms. The third-order valence-corrected chi connectivity index (χ3v) is 5.04. The summed E-state index contributed by atoms with van der Waals surface area (Å²) in [5.74, 6) is 0.551. The maximum atomic E-state index is 12.7. The van der Waals surface area contributed by atoms with Crippen molar-refractivity contribution in [3.05, 3.63) is 65.6 Å². The summed E-state index contributed by atoms with van der Waals surface area (Å²) in [5, 5.41) is 3.77. The minimum absolute atomic E-state index is 0.140. The van der Waals surface area contributed by atoms with Crippen LogP contribution in [0.5, 0.6) is 5.75 Å². The van der Waals surface area contributed by atoms with Crippen LogP contribution in [0.25, 0.3) is 22.2 Å². The molecule has 1 unspecified atom stereocenters. The Bertz CT molecular complexity index is 1090. The first-order valence-corrected chi connectivity index (χ1v) is 10.4. The Kier molecular flexibility index (Phi) is 7.20. The number of aryl methyl sites for hydroxylation is 1. The number of nitrogens with zero attached hydrogens (tertiary/aromatic N) is 2. The van der Waals surface area contributed by atoms with Crippen LogP contribution in [0.3, 0.4) is 0 Å². The van der Waals surface area contributed by atoms with Gasteiger partial charge in [0.1, 0.15) is 5.75 Å². The van der Waals surface area contributed by atoms with Gasteiger partial charge in [-0.3, -0.25) is 9.78 Å². The lowest BCUT2D eigenvalue weighted by Crippen LogP contribution is -2.27. The molecule has 3 rings (SSSR count). The van der Waals surface area contributed by atoms with Crippen LogP contribution in [0.15, 0.2) is 54.4 Å². The predicted octanol–water partition coefficient (Wildman–Crippen LogP) is 3.31. The zero-order valence-corrected chi connectivity index (χ0v) is 18.2. The van der Waals surface area contributed by atoms with Crippen LogP contribution in [0.4, 0.5) is 0 Å². The number of ether oxygens (including phenoxy) is 1. The average molecular weight is 420 g/mol. The fourth-order valence-corrected chi connectivity index (χ4v) is 3.27. The van der Waals surface area contributed by atoms with Crippen LogP contribution in [-0.2, 0) is 0 Å². The first kappa shape index (κ1) is 22.2. The van der Waals surface area contributed by atoms with Gasteiger partial charge in [0.05, 0.1) is 17.8 Å². The second-order valence-electron chi connectivity index (χ2n) is 7.39. The predicted molar refractivity (Wildman–Crippen MR) is 124 cm³/mol. The molecular formula is C24H29N5O2. The lowest BCUT2D eigenvalue weighted by molar-refractivity contribution is 0.0954. The normalized spacial score (nSPS) is 12.6. The molecule has 3 aromatic rings. The molecule has 0 aliphatic rings. The second-order valence-corrected chi connectivity index (χ2v) is 7.39. The summed E-state index contributed by atoms with van der Waals surface area (Å²) in [4.78, 5) is 21.8. The summed E-state index contributed by atoms with van der Waals surface area (Å²) in [6.07, 6.45) is 3.90. The monoisotopic (exact) mass is 419 g/mol. The Morgan fingerprint density at radius 1 is 1.26 bits per heavy atom. The Hall–Kier alpha value is -3.45. The summed E-state index contributed by atoms with van der Waals surface area (Å²) in [7, 11) is 0. The number of rotatable bonds is 8. The van der Waals surface area contributed by atoms with Crippen molar-refractivity contribution in [1.29, 1.82) is 0 Å².